The van der Waals surface area contributed by atoms with Crippen LogP contribution in [-0.2, 0) is 0 Å². The number of carbonyl (C=O) groups is 3. The molecule has 0 amide bonds. The van der Waals surface area contributed by atoms with Gasteiger partial charge < -0.3 is 24.8 Å². The second kappa shape index (κ2) is 7.87. The Hall–Kier alpha value is -3.08. The van der Waals surface area contributed by atoms with Crippen LogP contribution in [0.25, 0.3) is 11.0 Å². The van der Waals surface area contributed by atoms with Crippen LogP contribution < -0.4 is 0 Å². The Bertz CT molecular complexity index is 1010. The molecule has 1 heterocycles. The Labute approximate surface area is 159 Å². The molecule has 0 spiro atoms. The number of carboxylic acid groups (broad SMARTS) is 3. The van der Waals surface area contributed by atoms with E-state index in [0.717, 1.165) is 6.26 Å². The van der Waals surface area contributed by atoms with Crippen molar-refractivity contribution < 1.29 is 39.2 Å². The van der Waals surface area contributed by atoms with E-state index in [4.69, 9.17) is 19.7 Å². The molecule has 0 radical (unpaired) electrons. The minimum atomic E-state index is -1.23. The average Bonchev–Trinajstić information content (AvgIpc) is 3.00. The number of benzene rings is 2. The molecule has 4 N–H and O–H groups in total. The third-order valence-corrected chi connectivity index (χ3v) is 4.16. The van der Waals surface area contributed by atoms with Crippen molar-refractivity contribution in [3.05, 3.63) is 62.9 Å². The van der Waals surface area contributed by atoms with Gasteiger partial charge in [0.2, 0.25) is 0 Å². The minimum Gasteiger partial charge on any atom is -0.507 e. The molecule has 0 aliphatic heterocycles. The second-order valence-corrected chi connectivity index (χ2v) is 6.04. The second-order valence-electron chi connectivity index (χ2n) is 4.88. The predicted octanol–water partition coefficient (Wildman–Crippen LogP) is 3.52. The Morgan fingerprint density at radius 2 is 1.46 bits per heavy atom. The molecule has 9 heteroatoms. The summed E-state index contributed by atoms with van der Waals surface area (Å²) in [6.07, 6.45) is 1.12. The van der Waals surface area contributed by atoms with Crippen molar-refractivity contribution in [1.29, 1.82) is 0 Å². The maximum atomic E-state index is 10.7. The molecule has 0 aliphatic carbocycles. The van der Waals surface area contributed by atoms with Crippen molar-refractivity contribution in [3.8, 4) is 5.75 Å². The van der Waals surface area contributed by atoms with Gasteiger partial charge in [-0.2, -0.15) is 0 Å². The Morgan fingerprint density at radius 1 is 0.846 bits per heavy atom. The highest BCUT2D eigenvalue weighted by Crippen LogP contribution is 2.29. The highest BCUT2D eigenvalue weighted by molar-refractivity contribution is 14.1. The van der Waals surface area contributed by atoms with Gasteiger partial charge in [0.15, 0.2) is 0 Å². The highest BCUT2D eigenvalue weighted by atomic mass is 127. The molecule has 0 saturated carbocycles. The standard InChI is InChI=1S/C9H6O4.C8H5IO4/c10-6-2-1-3-7-8(6)5(4-13-7)9(11)12;9-5-3-1-2-4(7(10)11)6(5)8(12)13/h1-4,10H,(H,11,12);1-3H,(H,10,11)(H,12,13). The molecule has 26 heavy (non-hydrogen) atoms. The number of halogens is 1. The van der Waals surface area contributed by atoms with Crippen LogP contribution >= 0.6 is 22.6 Å². The zero-order chi connectivity index (χ0) is 19.4. The van der Waals surface area contributed by atoms with Gasteiger partial charge in [0.25, 0.3) is 0 Å². The number of furan rings is 1. The molecule has 0 unspecified atom stereocenters. The van der Waals surface area contributed by atoms with E-state index < -0.39 is 17.9 Å². The third-order valence-electron chi connectivity index (χ3n) is 3.27. The summed E-state index contributed by atoms with van der Waals surface area (Å²) in [7, 11) is 0. The smallest absolute Gasteiger partial charge is 0.339 e. The Morgan fingerprint density at radius 3 is 2.00 bits per heavy atom. The van der Waals surface area contributed by atoms with E-state index in [0.29, 0.717) is 9.15 Å². The Kier molecular flexibility index (Phi) is 5.82. The van der Waals surface area contributed by atoms with Crippen LogP contribution in [0.1, 0.15) is 31.1 Å². The first-order valence-corrected chi connectivity index (χ1v) is 7.99. The van der Waals surface area contributed by atoms with Crippen molar-refractivity contribution in [3.63, 3.8) is 0 Å². The van der Waals surface area contributed by atoms with E-state index in [-0.39, 0.29) is 27.8 Å². The molecule has 134 valence electrons. The van der Waals surface area contributed by atoms with Crippen LogP contribution in [0.5, 0.6) is 5.75 Å². The summed E-state index contributed by atoms with van der Waals surface area (Å²) in [6, 6.07) is 8.95. The van der Waals surface area contributed by atoms with E-state index in [2.05, 4.69) is 0 Å². The van der Waals surface area contributed by atoms with Gasteiger partial charge in [-0.3, -0.25) is 0 Å². The minimum absolute atomic E-state index is 0.0203. The molecule has 8 nitrogen and oxygen atoms in total. The van der Waals surface area contributed by atoms with Crippen molar-refractivity contribution in [1.82, 2.24) is 0 Å². The van der Waals surface area contributed by atoms with Crippen LogP contribution in [0.15, 0.2) is 47.1 Å². The molecule has 3 aromatic rings. The number of hydrogen-bond donors (Lipinski definition) is 4. The number of carboxylic acids is 3. The van der Waals surface area contributed by atoms with Crippen LogP contribution in [0.4, 0.5) is 0 Å². The molecule has 2 aromatic carbocycles. The molecule has 0 saturated heterocycles. The summed E-state index contributed by atoms with van der Waals surface area (Å²) < 4.78 is 5.37. The first kappa shape index (κ1) is 19.2. The maximum Gasteiger partial charge on any atom is 0.339 e. The van der Waals surface area contributed by atoms with Gasteiger partial charge in [0.05, 0.1) is 16.5 Å². The summed E-state index contributed by atoms with van der Waals surface area (Å²) in [5.41, 5.74) is 0.0144. The van der Waals surface area contributed by atoms with Crippen LogP contribution in [0.3, 0.4) is 0 Å². The lowest BCUT2D eigenvalue weighted by molar-refractivity contribution is 0.0650. The quantitative estimate of drug-likeness (QED) is 0.426. The third kappa shape index (κ3) is 3.94. The van der Waals surface area contributed by atoms with Gasteiger partial charge in [-0.15, -0.1) is 0 Å². The SMILES string of the molecule is O=C(O)c1cccc(I)c1C(=O)O.O=C(O)c1coc2cccc(O)c12. The van der Waals surface area contributed by atoms with Gasteiger partial charge in [-0.25, -0.2) is 14.4 Å². The van der Waals surface area contributed by atoms with E-state index in [1.807, 2.05) is 0 Å². The number of aromatic carboxylic acids is 3. The van der Waals surface area contributed by atoms with E-state index in [1.165, 1.54) is 18.2 Å². The van der Waals surface area contributed by atoms with Crippen molar-refractivity contribution in [2.24, 2.45) is 0 Å². The van der Waals surface area contributed by atoms with Gasteiger partial charge >= 0.3 is 17.9 Å². The van der Waals surface area contributed by atoms with Crippen molar-refractivity contribution in [2.75, 3.05) is 0 Å². The zero-order valence-corrected chi connectivity index (χ0v) is 15.0. The number of aromatic hydroxyl groups is 1. The molecule has 3 rings (SSSR count). The number of phenols is 1. The average molecular weight is 470 g/mol. The summed E-state index contributed by atoms with van der Waals surface area (Å²) in [4.78, 5) is 31.9. The van der Waals surface area contributed by atoms with Gasteiger partial charge in [0.1, 0.15) is 23.2 Å². The highest BCUT2D eigenvalue weighted by Gasteiger charge is 2.18. The Balaban J connectivity index is 0.000000187. The van der Waals surface area contributed by atoms with Crippen molar-refractivity contribution >= 4 is 51.5 Å². The monoisotopic (exact) mass is 470 g/mol. The van der Waals surface area contributed by atoms with E-state index in [1.54, 1.807) is 40.8 Å². The molecular formula is C17H11IO8. The molecule has 0 bridgehead atoms. The largest absolute Gasteiger partial charge is 0.507 e. The number of phenolic OH excluding ortho intramolecular Hbond substituents is 1. The normalized spacial score (nSPS) is 10.0. The first-order valence-electron chi connectivity index (χ1n) is 6.91. The maximum absolute atomic E-state index is 10.7. The number of hydrogen-bond acceptors (Lipinski definition) is 5. The zero-order valence-electron chi connectivity index (χ0n) is 12.8. The predicted molar refractivity (Wildman–Crippen MR) is 97.9 cm³/mol. The molecule has 0 atom stereocenters. The fourth-order valence-corrected chi connectivity index (χ4v) is 2.88. The fraction of sp³-hybridized carbons (Fsp3) is 0. The summed E-state index contributed by atoms with van der Waals surface area (Å²) in [6.45, 7) is 0. The van der Waals surface area contributed by atoms with Crippen molar-refractivity contribution in [2.45, 2.75) is 0 Å². The number of rotatable bonds is 3. The van der Waals surface area contributed by atoms with Crippen LogP contribution in [-0.4, -0.2) is 38.3 Å². The summed E-state index contributed by atoms with van der Waals surface area (Å²) in [5.74, 6) is -3.64. The molecular weight excluding hydrogens is 459 g/mol. The van der Waals surface area contributed by atoms with E-state index >= 15 is 0 Å². The van der Waals surface area contributed by atoms with Gasteiger partial charge in [-0.1, -0.05) is 12.1 Å². The van der Waals surface area contributed by atoms with Gasteiger partial charge in [-0.05, 0) is 46.9 Å². The van der Waals surface area contributed by atoms with Gasteiger partial charge in [0, 0.05) is 3.57 Å². The molecule has 0 fully saturated rings. The summed E-state index contributed by atoms with van der Waals surface area (Å²) in [5, 5.41) is 35.7. The van der Waals surface area contributed by atoms with Crippen LogP contribution in [0.2, 0.25) is 0 Å². The molecule has 1 aromatic heterocycles. The lowest BCUT2D eigenvalue weighted by Gasteiger charge is -2.02. The molecule has 0 aliphatic rings. The topological polar surface area (TPSA) is 145 Å². The fourth-order valence-electron chi connectivity index (χ4n) is 2.15. The van der Waals surface area contributed by atoms with E-state index in [9.17, 15) is 19.5 Å². The number of fused-ring (bicyclic) bond motifs is 1. The lowest BCUT2D eigenvalue weighted by Crippen LogP contribution is -2.09. The summed E-state index contributed by atoms with van der Waals surface area (Å²) >= 11 is 1.79. The lowest BCUT2D eigenvalue weighted by atomic mass is 10.1. The first-order chi connectivity index (χ1) is 12.2. The van der Waals surface area contributed by atoms with Crippen LogP contribution in [0, 0.1) is 3.57 Å².